The standard InChI is InChI=1S/C21H23N3O5S/c1-23(2)30(28,29)18-6-3-15(4-7-18)21(27)22-11-9-20(26)17-5-8-19-16(13-17)10-12-24(19)14-25/h3-8,13-14H,9-12H2,1-2H3,(H,22,27). The van der Waals surface area contributed by atoms with Crippen molar-refractivity contribution in [3.05, 3.63) is 59.2 Å². The number of fused-ring (bicyclic) bond motifs is 1. The van der Waals surface area contributed by atoms with Gasteiger partial charge in [0, 0.05) is 50.4 Å². The number of sulfonamides is 1. The topological polar surface area (TPSA) is 104 Å². The average Bonchev–Trinajstić information content (AvgIpc) is 3.15. The predicted molar refractivity (Wildman–Crippen MR) is 112 cm³/mol. The van der Waals surface area contributed by atoms with Gasteiger partial charge in [-0.3, -0.25) is 14.4 Å². The molecule has 2 aromatic rings. The second kappa shape index (κ2) is 8.76. The number of Topliss-reactive ketones (excluding diaryl/α,β-unsaturated/α-hetero) is 1. The Morgan fingerprint density at radius 3 is 2.40 bits per heavy atom. The quantitative estimate of drug-likeness (QED) is 0.505. The third kappa shape index (κ3) is 4.42. The molecule has 0 saturated carbocycles. The first kappa shape index (κ1) is 21.7. The number of benzene rings is 2. The SMILES string of the molecule is CN(C)S(=O)(=O)c1ccc(C(=O)NCCC(=O)c2ccc3c(c2)CCN3C=O)cc1. The number of carbonyl (C=O) groups excluding carboxylic acids is 3. The molecule has 1 heterocycles. The number of nitrogens with zero attached hydrogens (tertiary/aromatic N) is 2. The van der Waals surface area contributed by atoms with Gasteiger partial charge in [0.15, 0.2) is 5.78 Å². The van der Waals surface area contributed by atoms with E-state index in [0.717, 1.165) is 22.0 Å². The lowest BCUT2D eigenvalue weighted by Crippen LogP contribution is -2.26. The summed E-state index contributed by atoms with van der Waals surface area (Å²) in [6.45, 7) is 0.772. The summed E-state index contributed by atoms with van der Waals surface area (Å²) in [7, 11) is -0.680. The molecule has 3 rings (SSSR count). The van der Waals surface area contributed by atoms with Crippen LogP contribution in [0.15, 0.2) is 47.4 Å². The Kier molecular flexibility index (Phi) is 6.33. The van der Waals surface area contributed by atoms with Crippen LogP contribution in [-0.4, -0.2) is 58.0 Å². The van der Waals surface area contributed by atoms with Crippen molar-refractivity contribution in [2.45, 2.75) is 17.7 Å². The van der Waals surface area contributed by atoms with E-state index in [2.05, 4.69) is 5.32 Å². The number of carbonyl (C=O) groups is 3. The molecule has 0 fully saturated rings. The van der Waals surface area contributed by atoms with Crippen molar-refractivity contribution in [1.29, 1.82) is 0 Å². The molecule has 0 saturated heterocycles. The number of rotatable bonds is 8. The van der Waals surface area contributed by atoms with Crippen molar-refractivity contribution >= 4 is 33.8 Å². The highest BCUT2D eigenvalue weighted by molar-refractivity contribution is 7.89. The summed E-state index contributed by atoms with van der Waals surface area (Å²) in [5.41, 5.74) is 2.65. The van der Waals surface area contributed by atoms with E-state index < -0.39 is 10.0 Å². The van der Waals surface area contributed by atoms with Crippen LogP contribution >= 0.6 is 0 Å². The number of anilines is 1. The van der Waals surface area contributed by atoms with Crippen LogP contribution < -0.4 is 10.2 Å². The Hall–Kier alpha value is -3.04. The Balaban J connectivity index is 1.56. The number of hydrogen-bond acceptors (Lipinski definition) is 5. The number of amides is 2. The molecule has 1 N–H and O–H groups in total. The lowest BCUT2D eigenvalue weighted by Gasteiger charge is -2.12. The van der Waals surface area contributed by atoms with Crippen molar-refractivity contribution < 1.29 is 22.8 Å². The molecule has 9 heteroatoms. The molecule has 30 heavy (non-hydrogen) atoms. The van der Waals surface area contributed by atoms with E-state index >= 15 is 0 Å². The maximum absolute atomic E-state index is 12.4. The van der Waals surface area contributed by atoms with E-state index in [1.165, 1.54) is 38.4 Å². The molecule has 158 valence electrons. The zero-order valence-corrected chi connectivity index (χ0v) is 17.6. The molecular weight excluding hydrogens is 406 g/mol. The molecule has 0 radical (unpaired) electrons. The van der Waals surface area contributed by atoms with E-state index in [9.17, 15) is 22.8 Å². The van der Waals surface area contributed by atoms with Gasteiger partial charge in [-0.2, -0.15) is 0 Å². The number of hydrogen-bond donors (Lipinski definition) is 1. The van der Waals surface area contributed by atoms with Gasteiger partial charge in [0.25, 0.3) is 5.91 Å². The summed E-state index contributed by atoms with van der Waals surface area (Å²) in [6, 6.07) is 10.9. The fourth-order valence-corrected chi connectivity index (χ4v) is 4.14. The number of ketones is 1. The van der Waals surface area contributed by atoms with E-state index in [1.807, 2.05) is 0 Å². The summed E-state index contributed by atoms with van der Waals surface area (Å²) in [6.07, 6.45) is 1.63. The molecule has 0 bridgehead atoms. The molecule has 1 aliphatic heterocycles. The first-order chi connectivity index (χ1) is 14.2. The summed E-state index contributed by atoms with van der Waals surface area (Å²) in [5, 5.41) is 2.67. The highest BCUT2D eigenvalue weighted by Crippen LogP contribution is 2.28. The highest BCUT2D eigenvalue weighted by Gasteiger charge is 2.20. The Morgan fingerprint density at radius 2 is 1.77 bits per heavy atom. The average molecular weight is 429 g/mol. The van der Waals surface area contributed by atoms with Crippen LogP contribution in [0.3, 0.4) is 0 Å². The van der Waals surface area contributed by atoms with Gasteiger partial charge in [-0.25, -0.2) is 12.7 Å². The zero-order valence-electron chi connectivity index (χ0n) is 16.8. The molecule has 2 aromatic carbocycles. The molecule has 0 atom stereocenters. The lowest BCUT2D eigenvalue weighted by atomic mass is 10.0. The number of nitrogens with one attached hydrogen (secondary N) is 1. The van der Waals surface area contributed by atoms with Crippen LogP contribution in [-0.2, 0) is 21.2 Å². The normalized spacial score (nSPS) is 13.2. The van der Waals surface area contributed by atoms with Gasteiger partial charge in [0.05, 0.1) is 4.90 Å². The minimum absolute atomic E-state index is 0.101. The maximum atomic E-state index is 12.4. The van der Waals surface area contributed by atoms with E-state index in [1.54, 1.807) is 23.1 Å². The molecule has 0 aliphatic carbocycles. The summed E-state index contributed by atoms with van der Waals surface area (Å²) < 4.78 is 25.2. The summed E-state index contributed by atoms with van der Waals surface area (Å²) in [4.78, 5) is 37.4. The van der Waals surface area contributed by atoms with Crippen molar-refractivity contribution in [2.75, 3.05) is 32.1 Å². The Labute approximate surface area is 175 Å². The highest BCUT2D eigenvalue weighted by atomic mass is 32.2. The van der Waals surface area contributed by atoms with Gasteiger partial charge in [-0.1, -0.05) is 0 Å². The van der Waals surface area contributed by atoms with Gasteiger partial charge in [0.1, 0.15) is 0 Å². The third-order valence-corrected chi connectivity index (χ3v) is 6.82. The molecule has 1 aliphatic rings. The second-order valence-corrected chi connectivity index (χ2v) is 9.29. The van der Waals surface area contributed by atoms with E-state index in [4.69, 9.17) is 0 Å². The lowest BCUT2D eigenvalue weighted by molar-refractivity contribution is -0.107. The molecule has 2 amide bonds. The minimum atomic E-state index is -3.55. The van der Waals surface area contributed by atoms with Crippen LogP contribution in [0.5, 0.6) is 0 Å². The van der Waals surface area contributed by atoms with Gasteiger partial charge in [-0.05, 0) is 54.4 Å². The monoisotopic (exact) mass is 429 g/mol. The zero-order chi connectivity index (χ0) is 21.9. The first-order valence-electron chi connectivity index (χ1n) is 9.43. The first-order valence-corrected chi connectivity index (χ1v) is 10.9. The molecular formula is C21H23N3O5S. The third-order valence-electron chi connectivity index (χ3n) is 4.99. The van der Waals surface area contributed by atoms with Crippen LogP contribution in [0.4, 0.5) is 5.69 Å². The van der Waals surface area contributed by atoms with Gasteiger partial charge >= 0.3 is 0 Å². The van der Waals surface area contributed by atoms with Gasteiger partial charge in [-0.15, -0.1) is 0 Å². The van der Waals surface area contributed by atoms with E-state index in [-0.39, 0.29) is 29.6 Å². The van der Waals surface area contributed by atoms with Crippen LogP contribution in [0.25, 0.3) is 0 Å². The molecule has 8 nitrogen and oxygen atoms in total. The maximum Gasteiger partial charge on any atom is 0.251 e. The fraction of sp³-hybridized carbons (Fsp3) is 0.286. The van der Waals surface area contributed by atoms with Crippen molar-refractivity contribution in [1.82, 2.24) is 9.62 Å². The van der Waals surface area contributed by atoms with Crippen LogP contribution in [0.1, 0.15) is 32.7 Å². The Bertz CT molecular complexity index is 1080. The largest absolute Gasteiger partial charge is 0.352 e. The van der Waals surface area contributed by atoms with Crippen molar-refractivity contribution in [2.24, 2.45) is 0 Å². The Morgan fingerprint density at radius 1 is 1.10 bits per heavy atom. The molecule has 0 unspecified atom stereocenters. The smallest absolute Gasteiger partial charge is 0.251 e. The summed E-state index contributed by atoms with van der Waals surface area (Å²) >= 11 is 0. The molecule has 0 aromatic heterocycles. The fourth-order valence-electron chi connectivity index (χ4n) is 3.24. The van der Waals surface area contributed by atoms with Crippen molar-refractivity contribution in [3.8, 4) is 0 Å². The van der Waals surface area contributed by atoms with Crippen LogP contribution in [0, 0.1) is 0 Å². The summed E-state index contributed by atoms with van der Waals surface area (Å²) in [5.74, 6) is -0.484. The molecule has 0 spiro atoms. The second-order valence-electron chi connectivity index (χ2n) is 7.13. The van der Waals surface area contributed by atoms with Gasteiger partial charge in [0.2, 0.25) is 16.4 Å². The van der Waals surface area contributed by atoms with Crippen molar-refractivity contribution in [3.63, 3.8) is 0 Å². The van der Waals surface area contributed by atoms with Gasteiger partial charge < -0.3 is 10.2 Å². The predicted octanol–water partition coefficient (Wildman–Crippen LogP) is 1.46. The minimum Gasteiger partial charge on any atom is -0.352 e. The van der Waals surface area contributed by atoms with Crippen LogP contribution in [0.2, 0.25) is 0 Å². The van der Waals surface area contributed by atoms with E-state index in [0.29, 0.717) is 24.1 Å².